The molecule has 2 aromatic heterocycles. The molecule has 0 amide bonds. The minimum absolute atomic E-state index is 0.000343. The Balaban J connectivity index is 1.20. The van der Waals surface area contributed by atoms with Gasteiger partial charge in [-0.05, 0) is 56.9 Å². The Labute approximate surface area is 272 Å². The summed E-state index contributed by atoms with van der Waals surface area (Å²) in [4.78, 5) is 19.4. The highest BCUT2D eigenvalue weighted by molar-refractivity contribution is 7.89. The summed E-state index contributed by atoms with van der Waals surface area (Å²) in [6, 6.07) is 3.33. The zero-order valence-electron chi connectivity index (χ0n) is 25.3. The number of fused-ring (bicyclic) bond motifs is 5. The summed E-state index contributed by atoms with van der Waals surface area (Å²) in [5.74, 6) is 0.201. The van der Waals surface area contributed by atoms with Crippen molar-refractivity contribution in [3.05, 3.63) is 29.2 Å². The van der Waals surface area contributed by atoms with Gasteiger partial charge in [-0.15, -0.1) is 0 Å². The van der Waals surface area contributed by atoms with Gasteiger partial charge in [-0.3, -0.25) is 4.90 Å². The molecule has 7 heterocycles. The van der Waals surface area contributed by atoms with Crippen LogP contribution in [0.4, 0.5) is 19.7 Å². The van der Waals surface area contributed by atoms with E-state index in [1.807, 2.05) is 10.4 Å². The van der Waals surface area contributed by atoms with Crippen LogP contribution in [-0.2, 0) is 16.1 Å². The first-order chi connectivity index (χ1) is 22.4. The van der Waals surface area contributed by atoms with E-state index in [0.29, 0.717) is 77.2 Å². The molecule has 11 nitrogen and oxygen atoms in total. The summed E-state index contributed by atoms with van der Waals surface area (Å²) in [5, 5.41) is 3.77. The lowest BCUT2D eigenvalue weighted by Gasteiger charge is -2.48. The summed E-state index contributed by atoms with van der Waals surface area (Å²) in [7, 11) is 0. The van der Waals surface area contributed by atoms with E-state index in [9.17, 15) is 13.3 Å². The summed E-state index contributed by atoms with van der Waals surface area (Å²) in [6.07, 6.45) is 6.18. The van der Waals surface area contributed by atoms with Crippen LogP contribution in [0.1, 0.15) is 49.8 Å². The smallest absolute Gasteiger partial charge is 0.319 e. The van der Waals surface area contributed by atoms with E-state index < -0.39 is 23.4 Å². The van der Waals surface area contributed by atoms with Crippen molar-refractivity contribution in [2.45, 2.75) is 73.3 Å². The Morgan fingerprint density at radius 3 is 2.76 bits per heavy atom. The van der Waals surface area contributed by atoms with E-state index in [4.69, 9.17) is 25.2 Å². The van der Waals surface area contributed by atoms with Gasteiger partial charge in [-0.1, -0.05) is 11.3 Å². The Bertz CT molecular complexity index is 1700. The van der Waals surface area contributed by atoms with E-state index in [1.165, 1.54) is 6.07 Å². The van der Waals surface area contributed by atoms with E-state index in [0.717, 1.165) is 50.0 Å². The van der Waals surface area contributed by atoms with E-state index in [2.05, 4.69) is 20.1 Å². The number of hydrogen-bond acceptors (Lipinski definition) is 12. The number of thiazole rings is 1. The lowest BCUT2D eigenvalue weighted by Crippen LogP contribution is -2.64. The van der Waals surface area contributed by atoms with Crippen LogP contribution in [0.3, 0.4) is 0 Å². The van der Waals surface area contributed by atoms with Crippen LogP contribution in [0.2, 0.25) is 0 Å². The number of alkyl halides is 1. The Morgan fingerprint density at radius 2 is 1.98 bits per heavy atom. The molecule has 244 valence electrons. The molecule has 1 saturated carbocycles. The minimum atomic E-state index is -1.67. The molecule has 0 radical (unpaired) electrons. The van der Waals surface area contributed by atoms with Crippen molar-refractivity contribution in [1.29, 1.82) is 0 Å². The quantitative estimate of drug-likeness (QED) is 0.375. The standard InChI is InChI=1S/C31H36F2N8O3S2/c32-17-10-31(7-2-8-39(31)13-17)16-44-30-36-23-9-24(21-5-6-22(33)26-25(21)37-29(34)45-26)41(18-3-1-4-18)46(42)27(23)28(38-30)40-19-11-35-12-20(40)15-43-14-19/h5-6,9,17-20,35H,1-4,7-8,10-16H2,(H2,34,37)/t17-,19?,20?,31+,46?/m1/s1. The summed E-state index contributed by atoms with van der Waals surface area (Å²) in [5.41, 5.74) is 7.95. The van der Waals surface area contributed by atoms with Crippen LogP contribution >= 0.6 is 11.3 Å². The van der Waals surface area contributed by atoms with Crippen molar-refractivity contribution < 1.29 is 22.8 Å². The molecular formula is C31H36F2N8O3S2. The number of anilines is 2. The number of benzene rings is 1. The van der Waals surface area contributed by atoms with Gasteiger partial charge in [0, 0.05) is 31.6 Å². The number of nitrogens with one attached hydrogen (secondary N) is 1. The Morgan fingerprint density at radius 1 is 1.15 bits per heavy atom. The fourth-order valence-electron chi connectivity index (χ4n) is 8.19. The zero-order valence-corrected chi connectivity index (χ0v) is 26.9. The molecule has 46 heavy (non-hydrogen) atoms. The number of halogens is 2. The van der Waals surface area contributed by atoms with Crippen molar-refractivity contribution >= 4 is 55.6 Å². The van der Waals surface area contributed by atoms with Gasteiger partial charge in [-0.2, -0.15) is 14.3 Å². The van der Waals surface area contributed by atoms with Gasteiger partial charge >= 0.3 is 6.01 Å². The van der Waals surface area contributed by atoms with Crippen molar-refractivity contribution in [2.75, 3.05) is 56.6 Å². The maximum atomic E-state index is 14.9. The van der Waals surface area contributed by atoms with E-state index in [-0.39, 0.29) is 41.4 Å². The zero-order chi connectivity index (χ0) is 31.2. The van der Waals surface area contributed by atoms with Crippen LogP contribution in [0.15, 0.2) is 17.0 Å². The third-order valence-electron chi connectivity index (χ3n) is 10.6. The molecular weight excluding hydrogens is 635 g/mol. The number of rotatable bonds is 6. The van der Waals surface area contributed by atoms with Crippen LogP contribution in [-0.4, -0.2) is 105 Å². The predicted molar refractivity (Wildman–Crippen MR) is 172 cm³/mol. The van der Waals surface area contributed by atoms with Crippen molar-refractivity contribution in [3.8, 4) is 6.01 Å². The lowest BCUT2D eigenvalue weighted by atomic mass is 9.92. The molecule has 0 spiro atoms. The number of hydrogen-bond donors (Lipinski definition) is 2. The average molecular weight is 671 g/mol. The second kappa shape index (κ2) is 11.1. The molecule has 9 rings (SSSR count). The molecule has 5 fully saturated rings. The largest absolute Gasteiger partial charge is 0.588 e. The van der Waals surface area contributed by atoms with Gasteiger partial charge in [0.1, 0.15) is 35.7 Å². The third-order valence-corrected chi connectivity index (χ3v) is 13.0. The van der Waals surface area contributed by atoms with Crippen molar-refractivity contribution in [1.82, 2.24) is 29.5 Å². The number of ether oxygens (including phenoxy) is 2. The first-order valence-electron chi connectivity index (χ1n) is 16.2. The van der Waals surface area contributed by atoms with Crippen molar-refractivity contribution in [3.63, 3.8) is 0 Å². The lowest BCUT2D eigenvalue weighted by molar-refractivity contribution is 0.0516. The van der Waals surface area contributed by atoms with E-state index >= 15 is 0 Å². The van der Waals surface area contributed by atoms with E-state index in [1.54, 1.807) is 6.07 Å². The maximum absolute atomic E-state index is 14.9. The molecule has 15 heteroatoms. The normalized spacial score (nSPS) is 31.2. The number of morpholine rings is 1. The number of nitrogen functional groups attached to an aromatic ring is 1. The van der Waals surface area contributed by atoms with Gasteiger partial charge in [0.15, 0.2) is 10.9 Å². The molecule has 4 saturated heterocycles. The molecule has 2 bridgehead atoms. The van der Waals surface area contributed by atoms with Crippen LogP contribution in [0, 0.1) is 5.82 Å². The summed E-state index contributed by atoms with van der Waals surface area (Å²) >= 11 is -0.574. The fourth-order valence-corrected chi connectivity index (χ4v) is 10.6. The molecule has 3 aromatic rings. The number of nitrogens with zero attached hydrogens (tertiary/aromatic N) is 6. The highest BCUT2D eigenvalue weighted by atomic mass is 32.2. The molecule has 3 unspecified atom stereocenters. The average Bonchev–Trinajstić information content (AvgIpc) is 3.67. The number of piperazine rings is 1. The van der Waals surface area contributed by atoms with Crippen molar-refractivity contribution in [2.24, 2.45) is 0 Å². The molecule has 3 N–H and O–H groups in total. The molecule has 5 atom stereocenters. The molecule has 1 aromatic carbocycles. The van der Waals surface area contributed by atoms with Gasteiger partial charge in [0.25, 0.3) is 0 Å². The Kier molecular flexibility index (Phi) is 7.09. The minimum Gasteiger partial charge on any atom is -0.588 e. The van der Waals surface area contributed by atoms with Crippen LogP contribution in [0.25, 0.3) is 22.0 Å². The summed E-state index contributed by atoms with van der Waals surface area (Å²) < 4.78 is 59.0. The fraction of sp³-hybridized carbons (Fsp3) is 0.581. The highest BCUT2D eigenvalue weighted by Gasteiger charge is 2.50. The highest BCUT2D eigenvalue weighted by Crippen LogP contribution is 2.48. The van der Waals surface area contributed by atoms with Gasteiger partial charge < -0.3 is 30.0 Å². The van der Waals surface area contributed by atoms with Gasteiger partial charge in [0.05, 0.1) is 52.8 Å². The molecule has 5 aliphatic heterocycles. The second-order valence-electron chi connectivity index (χ2n) is 13.3. The first kappa shape index (κ1) is 29.3. The third kappa shape index (κ3) is 4.60. The molecule has 6 aliphatic rings. The van der Waals surface area contributed by atoms with Gasteiger partial charge in [-0.25, -0.2) is 13.8 Å². The topological polar surface area (TPSA) is 128 Å². The first-order valence-corrected chi connectivity index (χ1v) is 18.1. The predicted octanol–water partition coefficient (Wildman–Crippen LogP) is 3.33. The van der Waals surface area contributed by atoms with Crippen LogP contribution < -0.4 is 20.7 Å². The van der Waals surface area contributed by atoms with Gasteiger partial charge in [0.2, 0.25) is 4.90 Å². The number of nitrogens with two attached hydrogens (primary N) is 1. The Hall–Kier alpha value is -2.82. The second-order valence-corrected chi connectivity index (χ2v) is 15.7. The maximum Gasteiger partial charge on any atom is 0.319 e. The SMILES string of the molecule is Nc1nc2c(C3=Cc4nc(OC[C@@]56CCCN5C[C@H](F)C6)nc(N5C6CNCC5COC6)c4[S+]([O-])N3C3CCC3)ccc(F)c2s1. The number of aromatic nitrogens is 3. The summed E-state index contributed by atoms with van der Waals surface area (Å²) in [6.45, 7) is 4.04. The molecule has 1 aliphatic carbocycles. The van der Waals surface area contributed by atoms with Crippen LogP contribution in [0.5, 0.6) is 6.01 Å². The monoisotopic (exact) mass is 670 g/mol.